The summed E-state index contributed by atoms with van der Waals surface area (Å²) in [5.74, 6) is 0.590. The van der Waals surface area contributed by atoms with E-state index in [1.165, 1.54) is 6.07 Å². The van der Waals surface area contributed by atoms with Crippen molar-refractivity contribution in [3.05, 3.63) is 52.9 Å². The van der Waals surface area contributed by atoms with Gasteiger partial charge in [-0.25, -0.2) is 4.79 Å². The van der Waals surface area contributed by atoms with Crippen LogP contribution in [0.5, 0.6) is 5.75 Å². The molecule has 1 aromatic heterocycles. The standard InChI is InChI=1S/C15H16O3/c1-2-3-4-7-10-17-14-11-15(16)18-13-9-6-5-8-12(13)14/h3-6,8-9,11H,2,7,10H2,1H3/b4-3-. The van der Waals surface area contributed by atoms with E-state index >= 15 is 0 Å². The quantitative estimate of drug-likeness (QED) is 0.459. The first kappa shape index (κ1) is 12.4. The third kappa shape index (κ3) is 3.00. The Morgan fingerprint density at radius 2 is 2.11 bits per heavy atom. The van der Waals surface area contributed by atoms with Gasteiger partial charge in [0, 0.05) is 0 Å². The topological polar surface area (TPSA) is 39.4 Å². The Hall–Kier alpha value is -2.03. The maximum Gasteiger partial charge on any atom is 0.339 e. The molecule has 0 saturated carbocycles. The van der Waals surface area contributed by atoms with Gasteiger partial charge >= 0.3 is 5.63 Å². The summed E-state index contributed by atoms with van der Waals surface area (Å²) in [6, 6.07) is 8.77. The molecule has 0 spiro atoms. The minimum absolute atomic E-state index is 0.382. The lowest BCUT2D eigenvalue weighted by Crippen LogP contribution is -2.02. The van der Waals surface area contributed by atoms with Crippen molar-refractivity contribution < 1.29 is 9.15 Å². The van der Waals surface area contributed by atoms with Gasteiger partial charge in [0.15, 0.2) is 0 Å². The average Bonchev–Trinajstić information content (AvgIpc) is 2.38. The Kier molecular flexibility index (Phi) is 4.18. The minimum atomic E-state index is -0.382. The van der Waals surface area contributed by atoms with Crippen molar-refractivity contribution in [3.8, 4) is 5.75 Å². The summed E-state index contributed by atoms with van der Waals surface area (Å²) in [5.41, 5.74) is 0.178. The Morgan fingerprint density at radius 3 is 2.94 bits per heavy atom. The van der Waals surface area contributed by atoms with E-state index in [0.717, 1.165) is 18.2 Å². The van der Waals surface area contributed by atoms with Crippen LogP contribution in [0.4, 0.5) is 0 Å². The molecule has 0 aliphatic carbocycles. The average molecular weight is 244 g/mol. The van der Waals surface area contributed by atoms with Crippen molar-refractivity contribution in [1.82, 2.24) is 0 Å². The van der Waals surface area contributed by atoms with E-state index in [2.05, 4.69) is 19.1 Å². The highest BCUT2D eigenvalue weighted by molar-refractivity contribution is 5.82. The third-order valence-electron chi connectivity index (χ3n) is 2.56. The highest BCUT2D eigenvalue weighted by Crippen LogP contribution is 2.23. The van der Waals surface area contributed by atoms with Crippen molar-refractivity contribution in [1.29, 1.82) is 0 Å². The van der Waals surface area contributed by atoms with Gasteiger partial charge in [-0.2, -0.15) is 0 Å². The zero-order valence-electron chi connectivity index (χ0n) is 10.4. The van der Waals surface area contributed by atoms with Crippen LogP contribution in [0.15, 0.2) is 51.7 Å². The van der Waals surface area contributed by atoms with Gasteiger partial charge in [0.05, 0.1) is 18.1 Å². The first-order chi connectivity index (χ1) is 8.81. The van der Waals surface area contributed by atoms with Crippen LogP contribution in [0, 0.1) is 0 Å². The fourth-order valence-electron chi connectivity index (χ4n) is 1.72. The predicted molar refractivity (Wildman–Crippen MR) is 72.0 cm³/mol. The van der Waals surface area contributed by atoms with Crippen LogP contribution in [0.1, 0.15) is 19.8 Å². The van der Waals surface area contributed by atoms with Crippen LogP contribution in [-0.2, 0) is 0 Å². The van der Waals surface area contributed by atoms with Crippen LogP contribution in [-0.4, -0.2) is 6.61 Å². The third-order valence-corrected chi connectivity index (χ3v) is 2.56. The molecular formula is C15H16O3. The van der Waals surface area contributed by atoms with Gasteiger partial charge in [0.25, 0.3) is 0 Å². The minimum Gasteiger partial charge on any atom is -0.492 e. The summed E-state index contributed by atoms with van der Waals surface area (Å²) in [5, 5.41) is 0.830. The summed E-state index contributed by atoms with van der Waals surface area (Å²) >= 11 is 0. The molecule has 94 valence electrons. The second-order valence-corrected chi connectivity index (χ2v) is 3.94. The van der Waals surface area contributed by atoms with Gasteiger partial charge in [-0.15, -0.1) is 0 Å². The van der Waals surface area contributed by atoms with E-state index in [1.807, 2.05) is 18.2 Å². The largest absolute Gasteiger partial charge is 0.492 e. The lowest BCUT2D eigenvalue weighted by Gasteiger charge is -2.06. The lowest BCUT2D eigenvalue weighted by molar-refractivity contribution is 0.325. The van der Waals surface area contributed by atoms with Gasteiger partial charge in [-0.1, -0.05) is 31.2 Å². The number of allylic oxidation sites excluding steroid dienone is 1. The molecule has 0 bridgehead atoms. The van der Waals surface area contributed by atoms with Gasteiger partial charge < -0.3 is 9.15 Å². The molecule has 0 saturated heterocycles. The molecule has 3 heteroatoms. The van der Waals surface area contributed by atoms with E-state index in [1.54, 1.807) is 6.07 Å². The number of hydrogen-bond acceptors (Lipinski definition) is 3. The molecule has 0 fully saturated rings. The summed E-state index contributed by atoms with van der Waals surface area (Å²) in [6.45, 7) is 2.65. The smallest absolute Gasteiger partial charge is 0.339 e. The zero-order valence-corrected chi connectivity index (χ0v) is 10.4. The molecule has 0 atom stereocenters. The van der Waals surface area contributed by atoms with Gasteiger partial charge in [0.2, 0.25) is 0 Å². The molecule has 3 nitrogen and oxygen atoms in total. The number of hydrogen-bond donors (Lipinski definition) is 0. The van der Waals surface area contributed by atoms with Crippen molar-refractivity contribution in [2.75, 3.05) is 6.61 Å². The Morgan fingerprint density at radius 1 is 1.28 bits per heavy atom. The van der Waals surface area contributed by atoms with Crippen LogP contribution < -0.4 is 10.4 Å². The second kappa shape index (κ2) is 6.05. The molecule has 2 aromatic rings. The van der Waals surface area contributed by atoms with Gasteiger partial charge in [-0.05, 0) is 25.0 Å². The summed E-state index contributed by atoms with van der Waals surface area (Å²) in [4.78, 5) is 11.4. The summed E-state index contributed by atoms with van der Waals surface area (Å²) in [6.07, 6.45) is 6.04. The number of fused-ring (bicyclic) bond motifs is 1. The summed E-state index contributed by atoms with van der Waals surface area (Å²) < 4.78 is 10.7. The van der Waals surface area contributed by atoms with Gasteiger partial charge in [0.1, 0.15) is 11.3 Å². The number of ether oxygens (including phenoxy) is 1. The summed E-state index contributed by atoms with van der Waals surface area (Å²) in [7, 11) is 0. The molecule has 0 aliphatic rings. The molecule has 0 unspecified atom stereocenters. The lowest BCUT2D eigenvalue weighted by atomic mass is 10.2. The molecule has 18 heavy (non-hydrogen) atoms. The van der Waals surface area contributed by atoms with Crippen LogP contribution in [0.25, 0.3) is 11.0 Å². The first-order valence-electron chi connectivity index (χ1n) is 6.12. The van der Waals surface area contributed by atoms with Crippen LogP contribution in [0.2, 0.25) is 0 Å². The fraction of sp³-hybridized carbons (Fsp3) is 0.267. The Bertz CT molecular complexity index is 596. The highest BCUT2D eigenvalue weighted by atomic mass is 16.5. The second-order valence-electron chi connectivity index (χ2n) is 3.94. The molecule has 2 rings (SSSR count). The number of benzene rings is 1. The molecule has 1 aromatic carbocycles. The molecule has 1 heterocycles. The van der Waals surface area contributed by atoms with Crippen molar-refractivity contribution in [2.24, 2.45) is 0 Å². The number of rotatable bonds is 5. The van der Waals surface area contributed by atoms with Gasteiger partial charge in [-0.3, -0.25) is 0 Å². The highest BCUT2D eigenvalue weighted by Gasteiger charge is 2.05. The van der Waals surface area contributed by atoms with E-state index < -0.39 is 0 Å². The van der Waals surface area contributed by atoms with E-state index in [9.17, 15) is 4.79 Å². The molecule has 0 aliphatic heterocycles. The molecular weight excluding hydrogens is 228 g/mol. The molecule has 0 radical (unpaired) electrons. The molecule has 0 N–H and O–H groups in total. The maximum atomic E-state index is 11.4. The van der Waals surface area contributed by atoms with E-state index in [4.69, 9.17) is 9.15 Å². The first-order valence-corrected chi connectivity index (χ1v) is 6.12. The molecule has 0 amide bonds. The van der Waals surface area contributed by atoms with E-state index in [0.29, 0.717) is 17.9 Å². The SMILES string of the molecule is CC/C=C\CCOc1cc(=O)oc2ccccc12. The van der Waals surface area contributed by atoms with Crippen molar-refractivity contribution in [3.63, 3.8) is 0 Å². The maximum absolute atomic E-state index is 11.4. The Labute approximate surface area is 106 Å². The zero-order chi connectivity index (χ0) is 12.8. The van der Waals surface area contributed by atoms with E-state index in [-0.39, 0.29) is 5.63 Å². The van der Waals surface area contributed by atoms with Crippen LogP contribution in [0.3, 0.4) is 0 Å². The van der Waals surface area contributed by atoms with Crippen molar-refractivity contribution >= 4 is 11.0 Å². The monoisotopic (exact) mass is 244 g/mol. The Balaban J connectivity index is 2.17. The number of para-hydroxylation sites is 1. The van der Waals surface area contributed by atoms with Crippen molar-refractivity contribution in [2.45, 2.75) is 19.8 Å². The fourth-order valence-corrected chi connectivity index (χ4v) is 1.72. The predicted octanol–water partition coefficient (Wildman–Crippen LogP) is 3.53. The van der Waals surface area contributed by atoms with Crippen LogP contribution >= 0.6 is 0 Å². The normalized spacial score (nSPS) is 11.2.